The molecule has 5 nitrogen and oxygen atoms in total. The fraction of sp³-hybridized carbons (Fsp3) is 0.133. The number of hydrogen-bond acceptors (Lipinski definition) is 4. The molecule has 0 amide bonds. The number of halogens is 2. The number of aromatic hydroxyl groups is 1. The van der Waals surface area contributed by atoms with Crippen molar-refractivity contribution in [2.75, 3.05) is 0 Å². The van der Waals surface area contributed by atoms with E-state index in [0.717, 1.165) is 9.13 Å². The van der Waals surface area contributed by atoms with E-state index in [1.54, 1.807) is 30.3 Å². The lowest BCUT2D eigenvalue weighted by atomic mass is 10.1. The summed E-state index contributed by atoms with van der Waals surface area (Å²) in [5.41, 5.74) is 6.37. The molecule has 1 atom stereocenters. The Morgan fingerprint density at radius 2 is 1.91 bits per heavy atom. The van der Waals surface area contributed by atoms with Crippen molar-refractivity contribution >= 4 is 51.2 Å². The smallest absolute Gasteiger partial charge is 0.320 e. The van der Waals surface area contributed by atoms with E-state index in [1.165, 1.54) is 0 Å². The van der Waals surface area contributed by atoms with Gasteiger partial charge in [-0.25, -0.2) is 0 Å². The highest BCUT2D eigenvalue weighted by molar-refractivity contribution is 14.1. The molecule has 0 aromatic heterocycles. The van der Waals surface area contributed by atoms with Crippen molar-refractivity contribution < 1.29 is 19.7 Å². The predicted octanol–water partition coefficient (Wildman–Crippen LogP) is 3.35. The summed E-state index contributed by atoms with van der Waals surface area (Å²) < 4.78 is 7.34. The lowest BCUT2D eigenvalue weighted by Gasteiger charge is -2.11. The summed E-state index contributed by atoms with van der Waals surface area (Å²) in [6, 6.07) is 9.51. The van der Waals surface area contributed by atoms with Crippen molar-refractivity contribution in [2.45, 2.75) is 12.5 Å². The van der Waals surface area contributed by atoms with Gasteiger partial charge in [-0.2, -0.15) is 0 Å². The number of ether oxygens (including phenoxy) is 1. The lowest BCUT2D eigenvalue weighted by molar-refractivity contribution is -0.138. The maximum Gasteiger partial charge on any atom is 0.320 e. The Morgan fingerprint density at radius 1 is 1.18 bits per heavy atom. The zero-order valence-electron chi connectivity index (χ0n) is 11.3. The number of benzene rings is 2. The maximum absolute atomic E-state index is 10.8. The van der Waals surface area contributed by atoms with Crippen LogP contribution in [-0.4, -0.2) is 22.2 Å². The quantitative estimate of drug-likeness (QED) is 0.516. The van der Waals surface area contributed by atoms with Gasteiger partial charge in [-0.3, -0.25) is 4.79 Å². The molecule has 0 aliphatic carbocycles. The molecule has 0 unspecified atom stereocenters. The summed E-state index contributed by atoms with van der Waals surface area (Å²) in [6.07, 6.45) is 0.267. The van der Waals surface area contributed by atoms with Gasteiger partial charge in [-0.15, -0.1) is 0 Å². The lowest BCUT2D eigenvalue weighted by Crippen LogP contribution is -2.32. The molecule has 0 spiro atoms. The van der Waals surface area contributed by atoms with Gasteiger partial charge in [0.1, 0.15) is 23.3 Å². The Bertz CT molecular complexity index is 706. The van der Waals surface area contributed by atoms with Crippen LogP contribution >= 0.6 is 45.2 Å². The normalized spacial score (nSPS) is 12.0. The van der Waals surface area contributed by atoms with Crippen LogP contribution in [0.15, 0.2) is 36.4 Å². The van der Waals surface area contributed by atoms with Gasteiger partial charge in [-0.05, 0) is 87.5 Å². The van der Waals surface area contributed by atoms with E-state index >= 15 is 0 Å². The second kappa shape index (κ2) is 7.47. The van der Waals surface area contributed by atoms with Crippen molar-refractivity contribution in [3.05, 3.63) is 49.1 Å². The van der Waals surface area contributed by atoms with Crippen LogP contribution in [0, 0.1) is 7.14 Å². The first kappa shape index (κ1) is 17.3. The average molecular weight is 531 g/mol. The Morgan fingerprint density at radius 3 is 2.50 bits per heavy atom. The largest absolute Gasteiger partial charge is 0.507 e. The van der Waals surface area contributed by atoms with E-state index < -0.39 is 12.0 Å². The molecule has 0 radical (unpaired) electrons. The van der Waals surface area contributed by atoms with Gasteiger partial charge in [0, 0.05) is 0 Å². The summed E-state index contributed by atoms with van der Waals surface area (Å²) in [6.45, 7) is 0. The minimum Gasteiger partial charge on any atom is -0.507 e. The molecule has 0 bridgehead atoms. The highest BCUT2D eigenvalue weighted by Crippen LogP contribution is 2.31. The minimum absolute atomic E-state index is 0.209. The molecule has 116 valence electrons. The van der Waals surface area contributed by atoms with Gasteiger partial charge in [0.2, 0.25) is 0 Å². The van der Waals surface area contributed by atoms with Crippen LogP contribution in [0.25, 0.3) is 0 Å². The number of carboxylic acids is 1. The Kier molecular flexibility index (Phi) is 5.87. The Balaban J connectivity index is 2.15. The van der Waals surface area contributed by atoms with Crippen LogP contribution in [0.5, 0.6) is 17.2 Å². The van der Waals surface area contributed by atoms with Gasteiger partial charge < -0.3 is 20.7 Å². The molecule has 0 saturated carbocycles. The molecule has 0 aliphatic rings. The van der Waals surface area contributed by atoms with E-state index in [1.807, 2.05) is 28.7 Å². The van der Waals surface area contributed by atoms with Crippen molar-refractivity contribution in [3.8, 4) is 17.2 Å². The van der Waals surface area contributed by atoms with Crippen LogP contribution in [0.1, 0.15) is 5.56 Å². The topological polar surface area (TPSA) is 92.8 Å². The SMILES string of the molecule is N[C@@H](Cc1ccc(O[13c]2[13cH][13cH][13c](O)[13c](I)[13cH]2)c(I)c1)C(=O)O. The van der Waals surface area contributed by atoms with Crippen LogP contribution in [-0.2, 0) is 11.2 Å². The Labute approximate surface area is 154 Å². The number of phenols is 1. The molecule has 7 heteroatoms. The number of aliphatic carboxylic acids is 1. The van der Waals surface area contributed by atoms with Crippen LogP contribution in [0.2, 0.25) is 0 Å². The van der Waals surface area contributed by atoms with Crippen LogP contribution in [0.3, 0.4) is 0 Å². The highest BCUT2D eigenvalue weighted by atomic mass is 127. The minimum atomic E-state index is -1.02. The first-order valence-electron chi connectivity index (χ1n) is 6.30. The molecule has 2 rings (SSSR count). The monoisotopic (exact) mass is 531 g/mol. The number of nitrogens with two attached hydrogens (primary N) is 1. The fourth-order valence-corrected chi connectivity index (χ4v) is 2.95. The molecule has 0 saturated heterocycles. The molecule has 0 aliphatic heterocycles. The molecular formula is C15H13I2NO4. The number of carboxylic acid groups (broad SMARTS) is 1. The zero-order valence-corrected chi connectivity index (χ0v) is 15.6. The highest BCUT2D eigenvalue weighted by Gasteiger charge is 2.13. The van der Waals surface area contributed by atoms with E-state index in [4.69, 9.17) is 15.6 Å². The van der Waals surface area contributed by atoms with Crippen molar-refractivity contribution in [1.29, 1.82) is 0 Å². The molecule has 0 fully saturated rings. The van der Waals surface area contributed by atoms with Gasteiger partial charge in [0.15, 0.2) is 0 Å². The van der Waals surface area contributed by atoms with Crippen molar-refractivity contribution in [1.82, 2.24) is 0 Å². The summed E-state index contributed by atoms with van der Waals surface area (Å²) in [7, 11) is 0. The summed E-state index contributed by atoms with van der Waals surface area (Å²) >= 11 is 4.15. The molecule has 2 aromatic rings. The van der Waals surface area contributed by atoms with Crippen LogP contribution in [0.4, 0.5) is 0 Å². The average Bonchev–Trinajstić information content (AvgIpc) is 2.45. The molecule has 22 heavy (non-hydrogen) atoms. The van der Waals surface area contributed by atoms with Crippen molar-refractivity contribution in [2.24, 2.45) is 5.73 Å². The number of rotatable bonds is 5. The summed E-state index contributed by atoms with van der Waals surface area (Å²) in [4.78, 5) is 10.8. The zero-order chi connectivity index (χ0) is 16.3. The Hall–Kier alpha value is -1.07. The van der Waals surface area contributed by atoms with E-state index in [0.29, 0.717) is 15.1 Å². The number of hydrogen-bond donors (Lipinski definition) is 3. The van der Waals surface area contributed by atoms with E-state index in [2.05, 4.69) is 22.6 Å². The van der Waals surface area contributed by atoms with Crippen molar-refractivity contribution in [3.63, 3.8) is 0 Å². The van der Waals surface area contributed by atoms with E-state index in [9.17, 15) is 9.90 Å². The summed E-state index contributed by atoms with van der Waals surface area (Å²) in [5, 5.41) is 18.3. The first-order chi connectivity index (χ1) is 10.4. The molecule has 2 aromatic carbocycles. The second-order valence-corrected chi connectivity index (χ2v) is 6.95. The van der Waals surface area contributed by atoms with Gasteiger partial charge in [-0.1, -0.05) is 6.07 Å². The molecular weight excluding hydrogens is 518 g/mol. The molecule has 4 N–H and O–H groups in total. The van der Waals surface area contributed by atoms with Gasteiger partial charge in [0.05, 0.1) is 7.14 Å². The number of carbonyl (C=O) groups is 1. The second-order valence-electron chi connectivity index (χ2n) is 4.63. The molecule has 0 heterocycles. The van der Waals surface area contributed by atoms with E-state index in [-0.39, 0.29) is 12.2 Å². The third-order valence-electron chi connectivity index (χ3n) is 2.92. The third kappa shape index (κ3) is 4.46. The third-order valence-corrected chi connectivity index (χ3v) is 4.62. The van der Waals surface area contributed by atoms with Crippen LogP contribution < -0.4 is 10.5 Å². The fourth-order valence-electron chi connectivity index (χ4n) is 1.77. The standard InChI is InChI=1S/C15H13I2NO4/c16-10-7-9(2-3-13(10)19)22-14-4-1-8(5-11(14)17)6-12(18)15(20)21/h1-5,7,12,19H,6,18H2,(H,20,21)/t12-/m0/s1/i2+1,3+1,7+1,9+1,10+1,13+1. The number of phenolic OH excluding ortho intramolecular Hbond substituents is 1. The first-order valence-corrected chi connectivity index (χ1v) is 8.45. The van der Waals surface area contributed by atoms with Gasteiger partial charge >= 0.3 is 5.97 Å². The van der Waals surface area contributed by atoms with Gasteiger partial charge in [0.25, 0.3) is 0 Å². The summed E-state index contributed by atoms with van der Waals surface area (Å²) in [5.74, 6) is 0.472. The maximum atomic E-state index is 10.8. The predicted molar refractivity (Wildman–Crippen MR) is 99.4 cm³/mol.